The first kappa shape index (κ1) is 12.3. The van der Waals surface area contributed by atoms with E-state index in [1.165, 1.54) is 19.4 Å². The second-order valence-corrected chi connectivity index (χ2v) is 6.39. The van der Waals surface area contributed by atoms with Gasteiger partial charge in [0, 0.05) is 45.1 Å². The molecule has 2 heterocycles. The lowest BCUT2D eigenvalue weighted by Crippen LogP contribution is -2.48. The molecule has 2 aliphatic carbocycles. The molecule has 0 radical (unpaired) electrons. The molecule has 0 spiro atoms. The summed E-state index contributed by atoms with van der Waals surface area (Å²) in [6.07, 6.45) is 13.1. The second kappa shape index (κ2) is 5.17. The lowest BCUT2D eigenvalue weighted by Gasteiger charge is -2.37. The van der Waals surface area contributed by atoms with Crippen LogP contribution in [0, 0.1) is 17.8 Å². The van der Waals surface area contributed by atoms with E-state index >= 15 is 0 Å². The Bertz CT molecular complexity index is 479. The molecule has 4 rings (SSSR count). The fourth-order valence-electron chi connectivity index (χ4n) is 4.05. The van der Waals surface area contributed by atoms with Gasteiger partial charge in [-0.2, -0.15) is 0 Å². The van der Waals surface area contributed by atoms with E-state index in [2.05, 4.69) is 31.9 Å². The number of rotatable bonds is 3. The van der Waals surface area contributed by atoms with Crippen LogP contribution in [0.2, 0.25) is 0 Å². The summed E-state index contributed by atoms with van der Waals surface area (Å²) in [4.78, 5) is 13.6. The van der Waals surface area contributed by atoms with Crippen molar-refractivity contribution in [2.45, 2.75) is 12.8 Å². The van der Waals surface area contributed by atoms with Crippen LogP contribution in [0.15, 0.2) is 30.7 Å². The van der Waals surface area contributed by atoms with Gasteiger partial charge in [-0.3, -0.25) is 9.88 Å². The van der Waals surface area contributed by atoms with Crippen molar-refractivity contribution in [2.24, 2.45) is 17.8 Å². The maximum Gasteiger partial charge on any atom is 0.147 e. The van der Waals surface area contributed by atoms with Gasteiger partial charge in [-0.25, -0.2) is 4.98 Å². The predicted molar refractivity (Wildman–Crippen MR) is 79.5 cm³/mol. The van der Waals surface area contributed by atoms with E-state index in [9.17, 15) is 0 Å². The summed E-state index contributed by atoms with van der Waals surface area (Å²) in [5.74, 6) is 3.70. The Kier molecular flexibility index (Phi) is 3.19. The molecule has 3 aliphatic rings. The van der Waals surface area contributed by atoms with Gasteiger partial charge in [0.15, 0.2) is 0 Å². The summed E-state index contributed by atoms with van der Waals surface area (Å²) in [5, 5.41) is 0. The third-order valence-corrected chi connectivity index (χ3v) is 5.15. The molecule has 1 saturated heterocycles. The van der Waals surface area contributed by atoms with Gasteiger partial charge in [-0.05, 0) is 30.6 Å². The summed E-state index contributed by atoms with van der Waals surface area (Å²) in [6.45, 7) is 5.77. The molecule has 1 aromatic rings. The summed E-state index contributed by atoms with van der Waals surface area (Å²) < 4.78 is 0. The Morgan fingerprint density at radius 2 is 1.95 bits per heavy atom. The monoisotopic (exact) mass is 270 g/mol. The highest BCUT2D eigenvalue weighted by molar-refractivity contribution is 5.35. The minimum absolute atomic E-state index is 0.873. The van der Waals surface area contributed by atoms with Gasteiger partial charge in [-0.15, -0.1) is 0 Å². The van der Waals surface area contributed by atoms with Crippen molar-refractivity contribution in [2.75, 3.05) is 37.6 Å². The van der Waals surface area contributed by atoms with Crippen molar-refractivity contribution in [1.82, 2.24) is 14.9 Å². The molecule has 2 fully saturated rings. The minimum Gasteiger partial charge on any atom is -0.353 e. The summed E-state index contributed by atoms with van der Waals surface area (Å²) in [7, 11) is 0. The summed E-state index contributed by atoms with van der Waals surface area (Å²) >= 11 is 0. The second-order valence-electron chi connectivity index (χ2n) is 6.39. The average Bonchev–Trinajstić information content (AvgIpc) is 3.12. The van der Waals surface area contributed by atoms with Gasteiger partial charge in [0.05, 0.1) is 6.20 Å². The molecule has 106 valence electrons. The van der Waals surface area contributed by atoms with Crippen LogP contribution in [0.4, 0.5) is 5.82 Å². The Hall–Kier alpha value is -1.42. The van der Waals surface area contributed by atoms with Gasteiger partial charge in [0.1, 0.15) is 5.82 Å². The number of nitrogens with zero attached hydrogens (tertiary/aromatic N) is 4. The highest BCUT2D eigenvalue weighted by Gasteiger charge is 2.36. The number of allylic oxidation sites excluding steroid dienone is 2. The molecular weight excluding hydrogens is 248 g/mol. The van der Waals surface area contributed by atoms with Crippen LogP contribution in [-0.2, 0) is 0 Å². The molecule has 4 heteroatoms. The highest BCUT2D eigenvalue weighted by atomic mass is 15.3. The lowest BCUT2D eigenvalue weighted by atomic mass is 9.93. The van der Waals surface area contributed by atoms with Crippen LogP contribution < -0.4 is 4.90 Å². The maximum atomic E-state index is 4.40. The summed E-state index contributed by atoms with van der Waals surface area (Å²) in [6, 6.07) is 0. The first-order valence-electron chi connectivity index (χ1n) is 7.80. The zero-order valence-corrected chi connectivity index (χ0v) is 11.9. The van der Waals surface area contributed by atoms with E-state index in [1.807, 2.05) is 6.20 Å². The van der Waals surface area contributed by atoms with Crippen molar-refractivity contribution in [3.05, 3.63) is 30.7 Å². The van der Waals surface area contributed by atoms with Crippen molar-refractivity contribution in [3.63, 3.8) is 0 Å². The number of hydrogen-bond donors (Lipinski definition) is 0. The predicted octanol–water partition coefficient (Wildman–Crippen LogP) is 1.81. The SMILES string of the molecule is C1=CC2CC1CC2CN1CCN(c2cnccn2)CC1. The normalized spacial score (nSPS) is 33.0. The number of aromatic nitrogens is 2. The van der Waals surface area contributed by atoms with Crippen LogP contribution in [0.5, 0.6) is 0 Å². The smallest absolute Gasteiger partial charge is 0.147 e. The largest absolute Gasteiger partial charge is 0.353 e. The molecule has 0 aromatic carbocycles. The molecule has 1 aromatic heterocycles. The van der Waals surface area contributed by atoms with Gasteiger partial charge in [-0.1, -0.05) is 12.2 Å². The van der Waals surface area contributed by atoms with Crippen molar-refractivity contribution < 1.29 is 0 Å². The van der Waals surface area contributed by atoms with Crippen LogP contribution in [0.25, 0.3) is 0 Å². The number of fused-ring (bicyclic) bond motifs is 2. The Morgan fingerprint density at radius 1 is 1.05 bits per heavy atom. The van der Waals surface area contributed by atoms with E-state index in [0.29, 0.717) is 0 Å². The van der Waals surface area contributed by atoms with E-state index in [1.54, 1.807) is 12.4 Å². The Balaban J connectivity index is 1.31. The quantitative estimate of drug-likeness (QED) is 0.784. The van der Waals surface area contributed by atoms with Crippen molar-refractivity contribution >= 4 is 5.82 Å². The minimum atomic E-state index is 0.873. The summed E-state index contributed by atoms with van der Waals surface area (Å²) in [5.41, 5.74) is 0. The first-order chi connectivity index (χ1) is 9.88. The lowest BCUT2D eigenvalue weighted by molar-refractivity contribution is 0.204. The van der Waals surface area contributed by atoms with Crippen LogP contribution in [-0.4, -0.2) is 47.6 Å². The molecular formula is C16H22N4. The van der Waals surface area contributed by atoms with E-state index < -0.39 is 0 Å². The molecule has 2 bridgehead atoms. The third kappa shape index (κ3) is 2.33. The third-order valence-electron chi connectivity index (χ3n) is 5.15. The van der Waals surface area contributed by atoms with Crippen molar-refractivity contribution in [1.29, 1.82) is 0 Å². The number of piperazine rings is 1. The average molecular weight is 270 g/mol. The molecule has 0 amide bonds. The topological polar surface area (TPSA) is 32.3 Å². The van der Waals surface area contributed by atoms with Crippen molar-refractivity contribution in [3.8, 4) is 0 Å². The van der Waals surface area contributed by atoms with Gasteiger partial charge in [0.25, 0.3) is 0 Å². The Labute approximate surface area is 120 Å². The van der Waals surface area contributed by atoms with Crippen LogP contribution >= 0.6 is 0 Å². The fourth-order valence-corrected chi connectivity index (χ4v) is 4.05. The molecule has 3 unspecified atom stereocenters. The van der Waals surface area contributed by atoms with E-state index in [-0.39, 0.29) is 0 Å². The molecule has 0 N–H and O–H groups in total. The van der Waals surface area contributed by atoms with Crippen LogP contribution in [0.1, 0.15) is 12.8 Å². The zero-order chi connectivity index (χ0) is 13.4. The molecule has 1 aliphatic heterocycles. The number of anilines is 1. The molecule has 3 atom stereocenters. The maximum absolute atomic E-state index is 4.40. The van der Waals surface area contributed by atoms with Gasteiger partial charge >= 0.3 is 0 Å². The highest BCUT2D eigenvalue weighted by Crippen LogP contribution is 2.43. The van der Waals surface area contributed by atoms with Gasteiger partial charge < -0.3 is 4.90 Å². The first-order valence-corrected chi connectivity index (χ1v) is 7.80. The zero-order valence-electron chi connectivity index (χ0n) is 11.9. The molecule has 4 nitrogen and oxygen atoms in total. The Morgan fingerprint density at radius 3 is 2.60 bits per heavy atom. The van der Waals surface area contributed by atoms with Crippen LogP contribution in [0.3, 0.4) is 0 Å². The molecule has 1 saturated carbocycles. The van der Waals surface area contributed by atoms with Gasteiger partial charge in [0.2, 0.25) is 0 Å². The fraction of sp³-hybridized carbons (Fsp3) is 0.625. The van der Waals surface area contributed by atoms with E-state index in [0.717, 1.165) is 49.8 Å². The number of hydrogen-bond acceptors (Lipinski definition) is 4. The van der Waals surface area contributed by atoms with E-state index in [4.69, 9.17) is 0 Å². The standard InChI is InChI=1S/C16H22N4/c1-2-14-9-13(1)10-15(14)12-19-5-7-20(8-6-19)16-11-17-3-4-18-16/h1-4,11,13-15H,5-10,12H2. The molecule has 20 heavy (non-hydrogen) atoms.